The van der Waals surface area contributed by atoms with Gasteiger partial charge in [0.25, 0.3) is 11.7 Å². The molecule has 1 amide bonds. The van der Waals surface area contributed by atoms with Gasteiger partial charge in [-0.15, -0.1) is 0 Å². The molecule has 0 unspecified atom stereocenters. The first-order valence-corrected chi connectivity index (χ1v) is 8.64. The summed E-state index contributed by atoms with van der Waals surface area (Å²) in [7, 11) is 1.51. The Balaban J connectivity index is 1.69. The van der Waals surface area contributed by atoms with Gasteiger partial charge in [0.2, 0.25) is 0 Å². The molecule has 1 fully saturated rings. The summed E-state index contributed by atoms with van der Waals surface area (Å²) in [6.07, 6.45) is -3.56. The lowest BCUT2D eigenvalue weighted by Gasteiger charge is -2.31. The molecule has 27 heavy (non-hydrogen) atoms. The van der Waals surface area contributed by atoms with Crippen LogP contribution in [0, 0.1) is 0 Å². The first kappa shape index (κ1) is 19.3. The number of benzene rings is 1. The number of aromatic amines is 1. The lowest BCUT2D eigenvalue weighted by Crippen LogP contribution is -2.50. The Hall–Kier alpha value is -2.48. The number of rotatable bonds is 3. The third kappa shape index (κ3) is 4.10. The summed E-state index contributed by atoms with van der Waals surface area (Å²) >= 11 is 6.03. The third-order valence-corrected chi connectivity index (χ3v) is 4.71. The van der Waals surface area contributed by atoms with Crippen LogP contribution in [0.15, 0.2) is 36.5 Å². The van der Waals surface area contributed by atoms with Gasteiger partial charge >= 0.3 is 6.18 Å². The lowest BCUT2D eigenvalue weighted by atomic mass is 10.1. The van der Waals surface area contributed by atoms with Crippen LogP contribution < -0.4 is 14.6 Å². The Kier molecular flexibility index (Phi) is 5.46. The zero-order chi connectivity index (χ0) is 19.6. The number of pyridine rings is 1. The molecule has 2 aromatic rings. The summed E-state index contributed by atoms with van der Waals surface area (Å²) in [5.74, 6) is 0.771. The second-order valence-corrected chi connectivity index (χ2v) is 6.47. The Morgan fingerprint density at radius 3 is 2.44 bits per heavy atom. The van der Waals surface area contributed by atoms with Crippen molar-refractivity contribution in [3.05, 3.63) is 52.7 Å². The van der Waals surface area contributed by atoms with Gasteiger partial charge in [-0.2, -0.15) is 13.2 Å². The normalized spacial score (nSPS) is 15.0. The molecule has 1 aromatic carbocycles. The molecule has 1 aliphatic heterocycles. The van der Waals surface area contributed by atoms with E-state index in [0.717, 1.165) is 12.3 Å². The first-order valence-electron chi connectivity index (χ1n) is 8.27. The number of anilines is 1. The topological polar surface area (TPSA) is 46.9 Å². The van der Waals surface area contributed by atoms with Crippen molar-refractivity contribution < 1.29 is 27.7 Å². The molecule has 0 spiro atoms. The number of halogens is 4. The van der Waals surface area contributed by atoms with Crippen LogP contribution in [0.25, 0.3) is 0 Å². The van der Waals surface area contributed by atoms with E-state index in [2.05, 4.69) is 4.98 Å². The van der Waals surface area contributed by atoms with Crippen LogP contribution in [0.3, 0.4) is 0 Å². The highest BCUT2D eigenvalue weighted by Gasteiger charge is 2.35. The van der Waals surface area contributed by atoms with Gasteiger partial charge in [-0.05, 0) is 18.2 Å². The van der Waals surface area contributed by atoms with Crippen molar-refractivity contribution in [1.82, 2.24) is 4.90 Å². The maximum absolute atomic E-state index is 12.8. The van der Waals surface area contributed by atoms with Crippen molar-refractivity contribution in [1.29, 1.82) is 0 Å². The number of aromatic nitrogens is 1. The molecular weight excluding hydrogens is 383 g/mol. The minimum atomic E-state index is -4.46. The molecule has 0 radical (unpaired) electrons. The molecule has 0 aliphatic carbocycles. The monoisotopic (exact) mass is 400 g/mol. The standard InChI is InChI=1S/C18H17ClF3N3O2/c1-27-15-5-3-2-4-13(15)17(26)25-8-6-24(7-9-25)16-14(19)10-12(11-23-16)18(20,21)22/h2-5,10-11H,6-9H2,1H3/p+1. The molecule has 0 bridgehead atoms. The summed E-state index contributed by atoms with van der Waals surface area (Å²) < 4.78 is 43.5. The van der Waals surface area contributed by atoms with Crippen LogP contribution >= 0.6 is 11.6 Å². The molecule has 144 valence electrons. The minimum absolute atomic E-state index is 0.00525. The van der Waals surface area contributed by atoms with Gasteiger partial charge in [0, 0.05) is 0 Å². The number of nitrogens with one attached hydrogen (secondary N) is 1. The van der Waals surface area contributed by atoms with Crippen LogP contribution in [0.2, 0.25) is 5.02 Å². The van der Waals surface area contributed by atoms with Gasteiger partial charge in [0.1, 0.15) is 30.1 Å². The molecule has 2 heterocycles. The van der Waals surface area contributed by atoms with Gasteiger partial charge in [0.15, 0.2) is 0 Å². The van der Waals surface area contributed by atoms with E-state index in [1.54, 1.807) is 29.2 Å². The molecule has 1 saturated heterocycles. The maximum Gasteiger partial charge on any atom is 0.419 e. The molecule has 9 heteroatoms. The Labute approximate surface area is 159 Å². The number of carbonyl (C=O) groups is 1. The number of ether oxygens (including phenoxy) is 1. The largest absolute Gasteiger partial charge is 0.496 e. The molecule has 0 saturated carbocycles. The minimum Gasteiger partial charge on any atom is -0.496 e. The summed E-state index contributed by atoms with van der Waals surface area (Å²) in [6, 6.07) is 7.88. The fourth-order valence-corrected chi connectivity index (χ4v) is 3.28. The average molecular weight is 401 g/mol. The number of alkyl halides is 3. The summed E-state index contributed by atoms with van der Waals surface area (Å²) in [4.78, 5) is 18.9. The van der Waals surface area contributed by atoms with E-state index in [4.69, 9.17) is 16.3 Å². The highest BCUT2D eigenvalue weighted by molar-refractivity contribution is 6.32. The van der Waals surface area contributed by atoms with E-state index in [1.165, 1.54) is 7.11 Å². The zero-order valence-corrected chi connectivity index (χ0v) is 15.3. The highest BCUT2D eigenvalue weighted by Crippen LogP contribution is 2.32. The number of amides is 1. The number of carbonyl (C=O) groups excluding carboxylic acids is 1. The van der Waals surface area contributed by atoms with E-state index >= 15 is 0 Å². The summed E-state index contributed by atoms with van der Waals surface area (Å²) in [5.41, 5.74) is -0.353. The van der Waals surface area contributed by atoms with E-state index in [0.29, 0.717) is 43.3 Å². The number of para-hydroxylation sites is 1. The predicted octanol–water partition coefficient (Wildman–Crippen LogP) is 3.14. The fourth-order valence-electron chi connectivity index (χ4n) is 2.99. The van der Waals surface area contributed by atoms with Gasteiger partial charge in [-0.25, -0.2) is 4.98 Å². The number of methoxy groups -OCH3 is 1. The quantitative estimate of drug-likeness (QED) is 0.795. The number of H-pyrrole nitrogens is 1. The van der Waals surface area contributed by atoms with E-state index in [1.807, 2.05) is 4.90 Å². The lowest BCUT2D eigenvalue weighted by molar-refractivity contribution is -0.367. The van der Waals surface area contributed by atoms with Crippen molar-refractivity contribution in [2.24, 2.45) is 0 Å². The van der Waals surface area contributed by atoms with Crippen LogP contribution in [0.4, 0.5) is 19.0 Å². The van der Waals surface area contributed by atoms with E-state index in [-0.39, 0.29) is 10.9 Å². The van der Waals surface area contributed by atoms with Crippen LogP contribution in [0.5, 0.6) is 5.75 Å². The van der Waals surface area contributed by atoms with Crippen LogP contribution in [0.1, 0.15) is 15.9 Å². The highest BCUT2D eigenvalue weighted by atomic mass is 35.5. The van der Waals surface area contributed by atoms with Crippen LogP contribution in [-0.4, -0.2) is 44.1 Å². The smallest absolute Gasteiger partial charge is 0.419 e. The molecule has 5 nitrogen and oxygen atoms in total. The maximum atomic E-state index is 12.8. The second-order valence-electron chi connectivity index (χ2n) is 6.06. The Morgan fingerprint density at radius 2 is 1.85 bits per heavy atom. The van der Waals surface area contributed by atoms with Crippen molar-refractivity contribution in [3.8, 4) is 5.75 Å². The fraction of sp³-hybridized carbons (Fsp3) is 0.333. The van der Waals surface area contributed by atoms with Gasteiger partial charge in [0.05, 0.1) is 31.3 Å². The molecule has 1 N–H and O–H groups in total. The molecule has 3 rings (SSSR count). The second kappa shape index (κ2) is 7.64. The summed E-state index contributed by atoms with van der Waals surface area (Å²) in [6.45, 7) is 1.73. The predicted molar refractivity (Wildman–Crippen MR) is 94.1 cm³/mol. The van der Waals surface area contributed by atoms with Gasteiger partial charge in [-0.3, -0.25) is 9.69 Å². The zero-order valence-electron chi connectivity index (χ0n) is 14.5. The average Bonchev–Trinajstić information content (AvgIpc) is 2.67. The van der Waals surface area contributed by atoms with Crippen molar-refractivity contribution in [2.75, 3.05) is 38.2 Å². The molecule has 1 aromatic heterocycles. The van der Waals surface area contributed by atoms with E-state index < -0.39 is 11.7 Å². The van der Waals surface area contributed by atoms with Gasteiger partial charge in [-0.1, -0.05) is 23.7 Å². The number of hydrogen-bond donors (Lipinski definition) is 0. The number of nitrogens with zero attached hydrogens (tertiary/aromatic N) is 2. The third-order valence-electron chi connectivity index (χ3n) is 4.42. The van der Waals surface area contributed by atoms with Crippen molar-refractivity contribution in [2.45, 2.75) is 6.18 Å². The molecule has 0 atom stereocenters. The summed E-state index contributed by atoms with van der Waals surface area (Å²) in [5, 5.41) is -0.00525. The molecule has 1 aliphatic rings. The first-order chi connectivity index (χ1) is 12.8. The van der Waals surface area contributed by atoms with Crippen molar-refractivity contribution >= 4 is 23.3 Å². The molecular formula is C18H18ClF3N3O2+. The Morgan fingerprint density at radius 1 is 1.19 bits per heavy atom. The Bertz CT molecular complexity index is 837. The van der Waals surface area contributed by atoms with Crippen LogP contribution in [-0.2, 0) is 6.18 Å². The number of piperazine rings is 1. The van der Waals surface area contributed by atoms with Gasteiger partial charge < -0.3 is 9.64 Å². The van der Waals surface area contributed by atoms with Crippen molar-refractivity contribution in [3.63, 3.8) is 0 Å². The SMILES string of the molecule is COc1ccccc1C(=O)N1CCN(c2[nH+]cc(C(F)(F)F)cc2Cl)CC1. The number of hydrogen-bond acceptors (Lipinski definition) is 3. The van der Waals surface area contributed by atoms with E-state index in [9.17, 15) is 18.0 Å².